The van der Waals surface area contributed by atoms with Gasteiger partial charge in [0.2, 0.25) is 0 Å². The normalized spacial score (nSPS) is 10.8. The molecular weight excluding hydrogens is 200 g/mol. The second-order valence-electron chi connectivity index (χ2n) is 3.94. The van der Waals surface area contributed by atoms with Crippen LogP contribution in [0, 0.1) is 20.8 Å². The van der Waals surface area contributed by atoms with Gasteiger partial charge in [0, 0.05) is 29.7 Å². The average Bonchev–Trinajstić information content (AvgIpc) is 2.60. The van der Waals surface area contributed by atoms with Gasteiger partial charge in [-0.25, -0.2) is 4.98 Å². The molecule has 0 spiro atoms. The first-order chi connectivity index (χ1) is 7.63. The summed E-state index contributed by atoms with van der Waals surface area (Å²) in [6, 6.07) is 2.04. The monoisotopic (exact) mass is 216 g/mol. The first-order valence-corrected chi connectivity index (χ1v) is 5.30. The van der Waals surface area contributed by atoms with Crippen LogP contribution in [0.2, 0.25) is 0 Å². The summed E-state index contributed by atoms with van der Waals surface area (Å²) >= 11 is 0. The second-order valence-corrected chi connectivity index (χ2v) is 3.94. The van der Waals surface area contributed by atoms with Crippen LogP contribution >= 0.6 is 0 Å². The largest absolute Gasteiger partial charge is 0.326 e. The molecule has 2 heterocycles. The molecule has 2 rings (SSSR count). The Morgan fingerprint density at radius 3 is 2.56 bits per heavy atom. The van der Waals surface area contributed by atoms with Crippen LogP contribution in [-0.4, -0.2) is 14.5 Å². The van der Waals surface area contributed by atoms with Crippen molar-refractivity contribution in [2.45, 2.75) is 27.3 Å². The lowest BCUT2D eigenvalue weighted by Crippen LogP contribution is -2.06. The Bertz CT molecular complexity index is 514. The summed E-state index contributed by atoms with van der Waals surface area (Å²) in [5, 5.41) is 0. The number of pyridine rings is 1. The van der Waals surface area contributed by atoms with E-state index in [-0.39, 0.29) is 0 Å². The first-order valence-electron chi connectivity index (χ1n) is 5.30. The van der Waals surface area contributed by atoms with Gasteiger partial charge in [-0.05, 0) is 26.8 Å². The van der Waals surface area contributed by atoms with Crippen LogP contribution in [0.5, 0.6) is 0 Å². The molecule has 0 radical (unpaired) electrons. The molecule has 84 valence electrons. The highest BCUT2D eigenvalue weighted by atomic mass is 15.1. The van der Waals surface area contributed by atoms with Crippen molar-refractivity contribution >= 4 is 0 Å². The predicted octanol–water partition coefficient (Wildman–Crippen LogP) is 1.65. The van der Waals surface area contributed by atoms with Crippen molar-refractivity contribution in [2.24, 2.45) is 5.73 Å². The van der Waals surface area contributed by atoms with Crippen LogP contribution in [0.25, 0.3) is 5.69 Å². The Morgan fingerprint density at radius 2 is 2.00 bits per heavy atom. The van der Waals surface area contributed by atoms with Crippen molar-refractivity contribution in [2.75, 3.05) is 0 Å². The molecule has 2 N–H and O–H groups in total. The van der Waals surface area contributed by atoms with E-state index in [9.17, 15) is 0 Å². The molecule has 0 amide bonds. The number of nitrogens with zero attached hydrogens (tertiary/aromatic N) is 3. The van der Waals surface area contributed by atoms with Gasteiger partial charge in [-0.15, -0.1) is 0 Å². The summed E-state index contributed by atoms with van der Waals surface area (Å²) in [6.07, 6.45) is 3.66. The van der Waals surface area contributed by atoms with Gasteiger partial charge in [-0.1, -0.05) is 0 Å². The predicted molar refractivity (Wildman–Crippen MR) is 63.5 cm³/mol. The van der Waals surface area contributed by atoms with Crippen molar-refractivity contribution in [1.29, 1.82) is 0 Å². The molecule has 0 saturated carbocycles. The number of imidazole rings is 1. The number of aryl methyl sites for hydroxylation is 2. The van der Waals surface area contributed by atoms with E-state index >= 15 is 0 Å². The van der Waals surface area contributed by atoms with Crippen LogP contribution in [0.15, 0.2) is 18.6 Å². The third kappa shape index (κ3) is 1.72. The van der Waals surface area contributed by atoms with E-state index in [0.717, 1.165) is 28.3 Å². The van der Waals surface area contributed by atoms with E-state index < -0.39 is 0 Å². The van der Waals surface area contributed by atoms with Crippen LogP contribution in [0.3, 0.4) is 0 Å². The third-order valence-electron chi connectivity index (χ3n) is 2.83. The highest BCUT2D eigenvalue weighted by molar-refractivity contribution is 5.42. The Hall–Kier alpha value is -1.68. The van der Waals surface area contributed by atoms with Gasteiger partial charge in [0.25, 0.3) is 0 Å². The third-order valence-corrected chi connectivity index (χ3v) is 2.83. The lowest BCUT2D eigenvalue weighted by Gasteiger charge is -2.11. The van der Waals surface area contributed by atoms with E-state index in [1.165, 1.54) is 0 Å². The van der Waals surface area contributed by atoms with Gasteiger partial charge >= 0.3 is 0 Å². The molecule has 0 fully saturated rings. The van der Waals surface area contributed by atoms with Crippen LogP contribution < -0.4 is 5.73 Å². The zero-order chi connectivity index (χ0) is 11.7. The van der Waals surface area contributed by atoms with Crippen molar-refractivity contribution in [3.05, 3.63) is 41.2 Å². The van der Waals surface area contributed by atoms with Gasteiger partial charge < -0.3 is 10.3 Å². The van der Waals surface area contributed by atoms with Crippen LogP contribution in [0.4, 0.5) is 0 Å². The van der Waals surface area contributed by atoms with E-state index in [4.69, 9.17) is 5.73 Å². The minimum absolute atomic E-state index is 0.485. The zero-order valence-corrected chi connectivity index (χ0v) is 9.86. The van der Waals surface area contributed by atoms with E-state index in [1.54, 1.807) is 0 Å². The summed E-state index contributed by atoms with van der Waals surface area (Å²) in [4.78, 5) is 8.56. The summed E-state index contributed by atoms with van der Waals surface area (Å²) in [5.74, 6) is 0. The highest BCUT2D eigenvalue weighted by Crippen LogP contribution is 2.18. The maximum absolute atomic E-state index is 5.72. The maximum atomic E-state index is 5.72. The van der Waals surface area contributed by atoms with E-state index in [1.807, 2.05) is 32.4 Å². The molecule has 16 heavy (non-hydrogen) atoms. The number of hydrogen-bond acceptors (Lipinski definition) is 3. The van der Waals surface area contributed by atoms with Crippen LogP contribution in [0.1, 0.15) is 22.6 Å². The molecule has 4 nitrogen and oxygen atoms in total. The summed E-state index contributed by atoms with van der Waals surface area (Å²) in [5.41, 5.74) is 11.0. The molecule has 0 aliphatic rings. The lowest BCUT2D eigenvalue weighted by atomic mass is 10.2. The van der Waals surface area contributed by atoms with Gasteiger partial charge in [-0.3, -0.25) is 4.98 Å². The second kappa shape index (κ2) is 4.06. The smallest absolute Gasteiger partial charge is 0.0997 e. The molecule has 2 aromatic rings. The molecule has 0 aliphatic heterocycles. The summed E-state index contributed by atoms with van der Waals surface area (Å²) in [7, 11) is 0. The van der Waals surface area contributed by atoms with Gasteiger partial charge in [0.15, 0.2) is 0 Å². The van der Waals surface area contributed by atoms with Crippen molar-refractivity contribution < 1.29 is 0 Å². The Labute approximate surface area is 95.1 Å². The molecule has 2 aromatic heterocycles. The van der Waals surface area contributed by atoms with Gasteiger partial charge in [0.1, 0.15) is 0 Å². The lowest BCUT2D eigenvalue weighted by molar-refractivity contribution is 0.932. The quantitative estimate of drug-likeness (QED) is 0.830. The van der Waals surface area contributed by atoms with Crippen molar-refractivity contribution in [3.8, 4) is 5.69 Å². The number of nitrogens with two attached hydrogens (primary N) is 1. The fourth-order valence-corrected chi connectivity index (χ4v) is 1.70. The Morgan fingerprint density at radius 1 is 1.25 bits per heavy atom. The SMILES string of the molecule is Cc1cc(-n2cnc(C)c2C)c(CN)cn1. The molecule has 0 bridgehead atoms. The van der Waals surface area contributed by atoms with Gasteiger partial charge in [0.05, 0.1) is 17.7 Å². The van der Waals surface area contributed by atoms with Crippen LogP contribution in [-0.2, 0) is 6.54 Å². The zero-order valence-electron chi connectivity index (χ0n) is 9.86. The Balaban J connectivity index is 2.62. The Kier molecular flexibility index (Phi) is 2.75. The molecular formula is C12H16N4. The fourth-order valence-electron chi connectivity index (χ4n) is 1.70. The minimum Gasteiger partial charge on any atom is -0.326 e. The fraction of sp³-hybridized carbons (Fsp3) is 0.333. The van der Waals surface area contributed by atoms with Crippen molar-refractivity contribution in [1.82, 2.24) is 14.5 Å². The first kappa shape index (κ1) is 10.8. The number of aromatic nitrogens is 3. The number of hydrogen-bond donors (Lipinski definition) is 1. The molecule has 0 atom stereocenters. The topological polar surface area (TPSA) is 56.7 Å². The van der Waals surface area contributed by atoms with Gasteiger partial charge in [-0.2, -0.15) is 0 Å². The molecule has 0 aliphatic carbocycles. The maximum Gasteiger partial charge on any atom is 0.0997 e. The number of rotatable bonds is 2. The summed E-state index contributed by atoms with van der Waals surface area (Å²) in [6.45, 7) is 6.52. The molecule has 4 heteroatoms. The minimum atomic E-state index is 0.485. The molecule has 0 saturated heterocycles. The standard InChI is InChI=1S/C12H16N4/c1-8-4-12(11(5-13)6-14-8)16-7-15-9(2)10(16)3/h4,6-7H,5,13H2,1-3H3. The molecule has 0 unspecified atom stereocenters. The molecule has 0 aromatic carbocycles. The van der Waals surface area contributed by atoms with E-state index in [0.29, 0.717) is 6.54 Å². The highest BCUT2D eigenvalue weighted by Gasteiger charge is 2.08. The van der Waals surface area contributed by atoms with Crippen molar-refractivity contribution in [3.63, 3.8) is 0 Å². The summed E-state index contributed by atoms with van der Waals surface area (Å²) < 4.78 is 2.06. The van der Waals surface area contributed by atoms with E-state index in [2.05, 4.69) is 21.5 Å². The average molecular weight is 216 g/mol.